The molecule has 0 aromatic heterocycles. The van der Waals surface area contributed by atoms with E-state index < -0.39 is 0 Å². The molecule has 4 rings (SSSR count). The van der Waals surface area contributed by atoms with Crippen LogP contribution in [0.4, 0.5) is 5.69 Å². The summed E-state index contributed by atoms with van der Waals surface area (Å²) in [4.78, 5) is 28.0. The number of piperidine rings is 1. The monoisotopic (exact) mass is 421 g/mol. The van der Waals surface area contributed by atoms with Crippen LogP contribution in [-0.4, -0.2) is 48.1 Å². The van der Waals surface area contributed by atoms with Crippen molar-refractivity contribution in [2.24, 2.45) is 11.8 Å². The molecule has 2 aliphatic rings. The molecule has 0 saturated carbocycles. The maximum Gasteiger partial charge on any atom is 0.228 e. The summed E-state index contributed by atoms with van der Waals surface area (Å²) in [5, 5.41) is 14.9. The van der Waals surface area contributed by atoms with E-state index in [-0.39, 0.29) is 36.8 Å². The first-order valence-electron chi connectivity index (χ1n) is 11.2. The smallest absolute Gasteiger partial charge is 0.228 e. The molecule has 31 heavy (non-hydrogen) atoms. The van der Waals surface area contributed by atoms with E-state index in [4.69, 9.17) is 5.11 Å². The minimum absolute atomic E-state index is 0.0318. The fraction of sp³-hybridized carbons (Fsp3) is 0.440. The number of amides is 2. The van der Waals surface area contributed by atoms with Gasteiger partial charge in [0.25, 0.3) is 0 Å². The Hall–Kier alpha value is -2.70. The second kappa shape index (κ2) is 10.1. The lowest BCUT2D eigenvalue weighted by molar-refractivity contribution is -0.130. The number of nitrogens with zero attached hydrogens (tertiary/aromatic N) is 1. The van der Waals surface area contributed by atoms with Crippen LogP contribution < -0.4 is 10.6 Å². The third kappa shape index (κ3) is 5.51. The summed E-state index contributed by atoms with van der Waals surface area (Å²) in [6.07, 6.45) is 3.87. The number of rotatable bonds is 7. The quantitative estimate of drug-likeness (QED) is 0.641. The van der Waals surface area contributed by atoms with E-state index in [2.05, 4.69) is 39.8 Å². The molecule has 1 fully saturated rings. The number of anilines is 1. The zero-order valence-electron chi connectivity index (χ0n) is 17.8. The van der Waals surface area contributed by atoms with Crippen molar-refractivity contribution in [2.75, 3.05) is 31.6 Å². The van der Waals surface area contributed by atoms with Gasteiger partial charge in [0, 0.05) is 31.9 Å². The maximum absolute atomic E-state index is 13.1. The lowest BCUT2D eigenvalue weighted by Crippen LogP contribution is -2.49. The molecule has 6 nitrogen and oxygen atoms in total. The molecule has 0 unspecified atom stereocenters. The van der Waals surface area contributed by atoms with Gasteiger partial charge in [-0.05, 0) is 54.5 Å². The van der Waals surface area contributed by atoms with E-state index in [9.17, 15) is 9.59 Å². The first kappa shape index (κ1) is 21.5. The van der Waals surface area contributed by atoms with Gasteiger partial charge >= 0.3 is 0 Å². The number of aryl methyl sites for hydroxylation is 2. The molecule has 1 heterocycles. The van der Waals surface area contributed by atoms with Crippen LogP contribution in [0.25, 0.3) is 0 Å². The highest BCUT2D eigenvalue weighted by Gasteiger charge is 2.35. The Labute approximate surface area is 183 Å². The molecule has 1 aliphatic heterocycles. The van der Waals surface area contributed by atoms with Crippen molar-refractivity contribution in [3.05, 3.63) is 65.2 Å². The zero-order chi connectivity index (χ0) is 21.6. The molecule has 1 aliphatic carbocycles. The number of aliphatic hydroxyl groups is 1. The van der Waals surface area contributed by atoms with Crippen LogP contribution in [0.2, 0.25) is 0 Å². The summed E-state index contributed by atoms with van der Waals surface area (Å²) in [6.45, 7) is 2.08. The lowest BCUT2D eigenvalue weighted by atomic mass is 9.87. The number of fused-ring (bicyclic) bond motifs is 1. The predicted octanol–water partition coefficient (Wildman–Crippen LogP) is 2.36. The Morgan fingerprint density at radius 3 is 2.48 bits per heavy atom. The SMILES string of the molecule is O=C(NCCO)[C@H]1C[C@@H](C(=O)Nc2ccc3c(c2)CCC3)CN(Cc2ccccc2)C1. The number of hydrogen-bond donors (Lipinski definition) is 3. The van der Waals surface area contributed by atoms with Crippen LogP contribution >= 0.6 is 0 Å². The minimum Gasteiger partial charge on any atom is -0.395 e. The van der Waals surface area contributed by atoms with Crippen molar-refractivity contribution in [1.82, 2.24) is 10.2 Å². The summed E-state index contributed by atoms with van der Waals surface area (Å²) in [6, 6.07) is 16.3. The fourth-order valence-electron chi connectivity index (χ4n) is 4.76. The van der Waals surface area contributed by atoms with Crippen molar-refractivity contribution in [1.29, 1.82) is 0 Å². The van der Waals surface area contributed by atoms with Crippen LogP contribution in [-0.2, 0) is 29.0 Å². The Balaban J connectivity index is 1.46. The first-order valence-corrected chi connectivity index (χ1v) is 11.2. The van der Waals surface area contributed by atoms with E-state index in [0.717, 1.165) is 24.1 Å². The molecule has 2 aromatic carbocycles. The molecule has 2 aromatic rings. The number of benzene rings is 2. The van der Waals surface area contributed by atoms with Gasteiger partial charge in [-0.15, -0.1) is 0 Å². The summed E-state index contributed by atoms with van der Waals surface area (Å²) < 4.78 is 0. The van der Waals surface area contributed by atoms with E-state index >= 15 is 0 Å². The van der Waals surface area contributed by atoms with Gasteiger partial charge in [-0.1, -0.05) is 36.4 Å². The first-order chi connectivity index (χ1) is 15.1. The fourth-order valence-corrected chi connectivity index (χ4v) is 4.76. The number of aliphatic hydroxyl groups excluding tert-OH is 1. The molecule has 0 spiro atoms. The topological polar surface area (TPSA) is 81.7 Å². The number of carbonyl (C=O) groups excluding carboxylic acids is 2. The van der Waals surface area contributed by atoms with Crippen LogP contribution in [0.5, 0.6) is 0 Å². The lowest BCUT2D eigenvalue weighted by Gasteiger charge is -2.36. The highest BCUT2D eigenvalue weighted by molar-refractivity contribution is 5.93. The second-order valence-corrected chi connectivity index (χ2v) is 8.65. The van der Waals surface area contributed by atoms with Crippen LogP contribution in [0.1, 0.15) is 29.5 Å². The molecular formula is C25H31N3O3. The Morgan fingerprint density at radius 2 is 1.71 bits per heavy atom. The Morgan fingerprint density at radius 1 is 0.968 bits per heavy atom. The third-order valence-electron chi connectivity index (χ3n) is 6.29. The summed E-state index contributed by atoms with van der Waals surface area (Å²) >= 11 is 0. The average molecular weight is 422 g/mol. The van der Waals surface area contributed by atoms with E-state index in [1.54, 1.807) is 0 Å². The van der Waals surface area contributed by atoms with Crippen LogP contribution in [0.3, 0.4) is 0 Å². The van der Waals surface area contributed by atoms with Crippen LogP contribution in [0.15, 0.2) is 48.5 Å². The minimum atomic E-state index is -0.278. The van der Waals surface area contributed by atoms with Gasteiger partial charge in [-0.3, -0.25) is 14.5 Å². The molecule has 2 amide bonds. The molecule has 0 radical (unpaired) electrons. The molecule has 2 atom stereocenters. The third-order valence-corrected chi connectivity index (χ3v) is 6.29. The normalized spacial score (nSPS) is 20.8. The molecule has 1 saturated heterocycles. The summed E-state index contributed by atoms with van der Waals surface area (Å²) in [7, 11) is 0. The molecule has 6 heteroatoms. The van der Waals surface area contributed by atoms with Crippen molar-refractivity contribution >= 4 is 17.5 Å². The number of nitrogens with one attached hydrogen (secondary N) is 2. The summed E-state index contributed by atoms with van der Waals surface area (Å²) in [5.41, 5.74) is 4.71. The van der Waals surface area contributed by atoms with Crippen molar-refractivity contribution in [3.63, 3.8) is 0 Å². The Kier molecular flexibility index (Phi) is 6.99. The predicted molar refractivity (Wildman–Crippen MR) is 121 cm³/mol. The largest absolute Gasteiger partial charge is 0.395 e. The Bertz CT molecular complexity index is 915. The van der Waals surface area contributed by atoms with Gasteiger partial charge in [0.05, 0.1) is 18.4 Å². The maximum atomic E-state index is 13.1. The zero-order valence-corrected chi connectivity index (χ0v) is 17.8. The molecule has 0 bridgehead atoms. The van der Waals surface area contributed by atoms with E-state index in [1.165, 1.54) is 17.5 Å². The van der Waals surface area contributed by atoms with Gasteiger partial charge < -0.3 is 15.7 Å². The van der Waals surface area contributed by atoms with Gasteiger partial charge in [-0.2, -0.15) is 0 Å². The molecule has 164 valence electrons. The average Bonchev–Trinajstić information content (AvgIpc) is 3.26. The van der Waals surface area contributed by atoms with Gasteiger partial charge in [0.1, 0.15) is 0 Å². The number of carbonyl (C=O) groups is 2. The number of hydrogen-bond acceptors (Lipinski definition) is 4. The molecule has 3 N–H and O–H groups in total. The van der Waals surface area contributed by atoms with Crippen molar-refractivity contribution in [2.45, 2.75) is 32.2 Å². The standard InChI is InChI=1S/C25H31N3O3/c29-12-11-26-24(30)21-13-22(17-28(16-21)15-18-5-2-1-3-6-18)25(31)27-23-10-9-19-7-4-8-20(19)14-23/h1-3,5-6,9-10,14,21-22,29H,4,7-8,11-13,15-17H2,(H,26,30)(H,27,31)/t21-,22+/m0/s1. The van der Waals surface area contributed by atoms with Crippen LogP contribution in [0, 0.1) is 11.8 Å². The summed E-state index contributed by atoms with van der Waals surface area (Å²) in [5.74, 6) is -0.673. The molecular weight excluding hydrogens is 390 g/mol. The van der Waals surface area contributed by atoms with Gasteiger partial charge in [0.2, 0.25) is 11.8 Å². The highest BCUT2D eigenvalue weighted by atomic mass is 16.3. The van der Waals surface area contributed by atoms with E-state index in [1.807, 2.05) is 24.3 Å². The van der Waals surface area contributed by atoms with Gasteiger partial charge in [0.15, 0.2) is 0 Å². The van der Waals surface area contributed by atoms with E-state index in [0.29, 0.717) is 26.1 Å². The second-order valence-electron chi connectivity index (χ2n) is 8.65. The van der Waals surface area contributed by atoms with Crippen molar-refractivity contribution in [3.8, 4) is 0 Å². The van der Waals surface area contributed by atoms with Gasteiger partial charge in [-0.25, -0.2) is 0 Å². The highest BCUT2D eigenvalue weighted by Crippen LogP contribution is 2.28. The number of likely N-dealkylation sites (tertiary alicyclic amines) is 1. The van der Waals surface area contributed by atoms with Crippen molar-refractivity contribution < 1.29 is 14.7 Å².